The molecule has 0 radical (unpaired) electrons. The topological polar surface area (TPSA) is 175 Å². The Morgan fingerprint density at radius 3 is 2.59 bits per heavy atom. The van der Waals surface area contributed by atoms with Crippen LogP contribution in [-0.4, -0.2) is 51.0 Å². The van der Waals surface area contributed by atoms with Crippen molar-refractivity contribution in [3.63, 3.8) is 0 Å². The Bertz CT molecular complexity index is 1590. The van der Waals surface area contributed by atoms with E-state index in [-0.39, 0.29) is 17.4 Å². The minimum atomic E-state index is -0.580. The van der Waals surface area contributed by atoms with E-state index in [2.05, 4.69) is 43.8 Å². The standard InChI is InChI=1S/C23H24N4O3.C8H13N3O.C2H2/c1-29-22-17(14-16-8-6-7-9-18(16)27-22)19-15-25-21(26-19)11-5-3-2-4-10-20(28)23-24-12-13-30-23;9-7(8(10)12)5-6-3-1-2-4-11-6;1-2/h6-9,12-15H,2-5,10-11H2,1H3,(H,25,26);5H,1-4,9H2,(H2,10,12);1-2H/b;7-5-;. The van der Waals surface area contributed by atoms with Crippen LogP contribution in [0.5, 0.6) is 5.88 Å². The number of ether oxygens (including phenoxy) is 1. The molecule has 1 amide bonds. The molecule has 5 N–H and O–H groups in total. The van der Waals surface area contributed by atoms with Gasteiger partial charge in [-0.1, -0.05) is 31.0 Å². The van der Waals surface area contributed by atoms with E-state index in [4.69, 9.17) is 20.6 Å². The number of aromatic amines is 1. The first-order valence-electron chi connectivity index (χ1n) is 14.5. The van der Waals surface area contributed by atoms with Crippen LogP contribution in [-0.2, 0) is 11.2 Å². The molecule has 230 valence electrons. The van der Waals surface area contributed by atoms with Gasteiger partial charge in [-0.2, -0.15) is 0 Å². The number of nitrogens with two attached hydrogens (primary N) is 2. The molecular formula is C33H39N7O4. The molecule has 44 heavy (non-hydrogen) atoms. The lowest BCUT2D eigenvalue weighted by Crippen LogP contribution is -2.21. The molecule has 4 aromatic rings. The number of fused-ring (bicyclic) bond motifs is 1. The number of terminal acetylenes is 1. The number of nitrogens with one attached hydrogen (secondary N) is 1. The summed E-state index contributed by atoms with van der Waals surface area (Å²) in [6.45, 7) is 0.831. The minimum absolute atomic E-state index is 0.0337. The van der Waals surface area contributed by atoms with Crippen LogP contribution < -0.4 is 16.2 Å². The number of pyridine rings is 1. The number of aliphatic imine (C=N–C) groups is 1. The fourth-order valence-electron chi connectivity index (χ4n) is 4.56. The average Bonchev–Trinajstić information content (AvgIpc) is 3.77. The second-order valence-corrected chi connectivity index (χ2v) is 9.95. The molecule has 0 fully saturated rings. The number of ketones is 1. The monoisotopic (exact) mass is 597 g/mol. The number of primary amides is 1. The molecule has 0 saturated heterocycles. The third-order valence-electron chi connectivity index (χ3n) is 6.80. The minimum Gasteiger partial charge on any atom is -0.480 e. The number of allylic oxidation sites excluding steroid dienone is 1. The Kier molecular flexibility index (Phi) is 13.3. The number of hydrogen-bond donors (Lipinski definition) is 3. The molecule has 4 heterocycles. The van der Waals surface area contributed by atoms with Crippen molar-refractivity contribution >= 4 is 28.3 Å². The summed E-state index contributed by atoms with van der Waals surface area (Å²) >= 11 is 0. The number of oxazole rings is 1. The van der Waals surface area contributed by atoms with Crippen LogP contribution in [0, 0.1) is 12.8 Å². The molecular weight excluding hydrogens is 558 g/mol. The molecule has 1 aromatic carbocycles. The maximum atomic E-state index is 11.8. The van der Waals surface area contributed by atoms with Gasteiger partial charge in [-0.05, 0) is 50.3 Å². The van der Waals surface area contributed by atoms with Crippen LogP contribution >= 0.6 is 0 Å². The lowest BCUT2D eigenvalue weighted by molar-refractivity contribution is -0.114. The molecule has 5 rings (SSSR count). The van der Waals surface area contributed by atoms with Crippen molar-refractivity contribution in [2.75, 3.05) is 13.7 Å². The van der Waals surface area contributed by atoms with Crippen LogP contribution in [0.15, 0.2) is 70.2 Å². The number of carbonyl (C=O) groups excluding carboxylic acids is 2. The highest BCUT2D eigenvalue weighted by Crippen LogP contribution is 2.30. The number of rotatable bonds is 12. The van der Waals surface area contributed by atoms with E-state index in [0.717, 1.165) is 91.6 Å². The van der Waals surface area contributed by atoms with Gasteiger partial charge < -0.3 is 25.6 Å². The van der Waals surface area contributed by atoms with Crippen molar-refractivity contribution in [2.45, 2.75) is 57.8 Å². The smallest absolute Gasteiger partial charge is 0.264 e. The van der Waals surface area contributed by atoms with Gasteiger partial charge in [-0.3, -0.25) is 14.6 Å². The number of benzene rings is 1. The van der Waals surface area contributed by atoms with E-state index in [1.165, 1.54) is 12.5 Å². The fraction of sp³-hybridized carbons (Fsp3) is 0.333. The van der Waals surface area contributed by atoms with Gasteiger partial charge in [0, 0.05) is 30.5 Å². The number of unbranched alkanes of at least 4 members (excludes halogenated alkanes) is 3. The van der Waals surface area contributed by atoms with Crippen LogP contribution in [0.3, 0.4) is 0 Å². The fourth-order valence-corrected chi connectivity index (χ4v) is 4.56. The summed E-state index contributed by atoms with van der Waals surface area (Å²) in [6, 6.07) is 10.0. The van der Waals surface area contributed by atoms with Crippen molar-refractivity contribution in [1.82, 2.24) is 19.9 Å². The molecule has 0 atom stereocenters. The van der Waals surface area contributed by atoms with Gasteiger partial charge in [0.15, 0.2) is 0 Å². The van der Waals surface area contributed by atoms with Gasteiger partial charge in [0.25, 0.3) is 11.8 Å². The molecule has 0 unspecified atom stereocenters. The molecule has 0 spiro atoms. The molecule has 11 nitrogen and oxygen atoms in total. The number of H-pyrrole nitrogens is 1. The van der Waals surface area contributed by atoms with Gasteiger partial charge in [0.1, 0.15) is 12.1 Å². The number of amides is 1. The summed E-state index contributed by atoms with van der Waals surface area (Å²) in [5.74, 6) is 1.12. The summed E-state index contributed by atoms with van der Waals surface area (Å²) in [6.07, 6.45) is 22.7. The molecule has 3 aromatic heterocycles. The second kappa shape index (κ2) is 17.7. The van der Waals surface area contributed by atoms with E-state index in [9.17, 15) is 9.59 Å². The summed E-state index contributed by atoms with van der Waals surface area (Å²) in [7, 11) is 1.63. The summed E-state index contributed by atoms with van der Waals surface area (Å²) in [5.41, 5.74) is 14.0. The van der Waals surface area contributed by atoms with Crippen molar-refractivity contribution in [2.24, 2.45) is 16.5 Å². The number of aryl methyl sites for hydroxylation is 1. The Labute approximate surface area is 257 Å². The average molecular weight is 598 g/mol. The molecule has 0 saturated carbocycles. The summed E-state index contributed by atoms with van der Waals surface area (Å²) in [4.78, 5) is 43.0. The van der Waals surface area contributed by atoms with Crippen LogP contribution in [0.1, 0.15) is 67.9 Å². The van der Waals surface area contributed by atoms with Crippen LogP contribution in [0.25, 0.3) is 22.2 Å². The van der Waals surface area contributed by atoms with Crippen molar-refractivity contribution in [1.29, 1.82) is 0 Å². The number of para-hydroxylation sites is 1. The predicted octanol–water partition coefficient (Wildman–Crippen LogP) is 5.19. The quantitative estimate of drug-likeness (QED) is 0.0865. The highest BCUT2D eigenvalue weighted by atomic mass is 16.5. The molecule has 0 aliphatic carbocycles. The molecule has 1 aliphatic heterocycles. The summed E-state index contributed by atoms with van der Waals surface area (Å²) in [5, 5.41) is 1.06. The van der Waals surface area contributed by atoms with Crippen molar-refractivity contribution in [3.8, 4) is 30.0 Å². The molecule has 1 aliphatic rings. The number of aromatic nitrogens is 4. The van der Waals surface area contributed by atoms with E-state index in [1.807, 2.05) is 30.5 Å². The first-order chi connectivity index (χ1) is 21.4. The van der Waals surface area contributed by atoms with E-state index >= 15 is 0 Å². The largest absolute Gasteiger partial charge is 0.480 e. The maximum Gasteiger partial charge on any atom is 0.264 e. The zero-order valence-electron chi connectivity index (χ0n) is 25.0. The normalized spacial score (nSPS) is 12.7. The molecule has 0 bridgehead atoms. The van der Waals surface area contributed by atoms with Crippen molar-refractivity contribution in [3.05, 3.63) is 72.5 Å². The van der Waals surface area contributed by atoms with Gasteiger partial charge >= 0.3 is 0 Å². The van der Waals surface area contributed by atoms with Crippen molar-refractivity contribution < 1.29 is 18.7 Å². The Balaban J connectivity index is 0.000000317. The molecule has 11 heteroatoms. The highest BCUT2D eigenvalue weighted by molar-refractivity contribution is 6.03. The number of imidazole rings is 1. The lowest BCUT2D eigenvalue weighted by atomic mass is 10.1. The third kappa shape index (κ3) is 9.94. The second-order valence-electron chi connectivity index (χ2n) is 9.95. The Morgan fingerprint density at radius 1 is 1.09 bits per heavy atom. The SMILES string of the molecule is C#C.COc1nc2ccccc2cc1-c1cnc(CCCCCCC(=O)c2ncco2)[nH]1.NC(=O)/C(N)=C/C1=NCCCC1. The predicted molar refractivity (Wildman–Crippen MR) is 171 cm³/mol. The maximum absolute atomic E-state index is 11.8. The number of carbonyl (C=O) groups is 2. The third-order valence-corrected chi connectivity index (χ3v) is 6.80. The van der Waals surface area contributed by atoms with E-state index in [1.54, 1.807) is 13.2 Å². The van der Waals surface area contributed by atoms with Crippen LogP contribution in [0.4, 0.5) is 0 Å². The number of nitrogens with zero attached hydrogens (tertiary/aromatic N) is 4. The highest BCUT2D eigenvalue weighted by Gasteiger charge is 2.13. The number of hydrogen-bond acceptors (Lipinski definition) is 9. The van der Waals surface area contributed by atoms with Gasteiger partial charge in [0.2, 0.25) is 11.7 Å². The lowest BCUT2D eigenvalue weighted by Gasteiger charge is -2.07. The van der Waals surface area contributed by atoms with E-state index < -0.39 is 5.91 Å². The summed E-state index contributed by atoms with van der Waals surface area (Å²) < 4.78 is 10.5. The first-order valence-corrected chi connectivity index (χ1v) is 14.5. The van der Waals surface area contributed by atoms with Gasteiger partial charge in [-0.15, -0.1) is 12.8 Å². The number of Topliss-reactive ketones (excluding diaryl/α,β-unsaturated/α-hetero) is 1. The van der Waals surface area contributed by atoms with Gasteiger partial charge in [0.05, 0.1) is 42.0 Å². The zero-order chi connectivity index (χ0) is 31.7. The Hall–Kier alpha value is -5.24. The van der Waals surface area contributed by atoms with Crippen LogP contribution in [0.2, 0.25) is 0 Å². The van der Waals surface area contributed by atoms with Gasteiger partial charge in [-0.25, -0.2) is 15.0 Å². The zero-order valence-corrected chi connectivity index (χ0v) is 25.0. The first kappa shape index (κ1) is 33.3. The Morgan fingerprint density at radius 2 is 1.89 bits per heavy atom. The number of methoxy groups -OCH3 is 1. The van der Waals surface area contributed by atoms with E-state index in [0.29, 0.717) is 12.3 Å².